The van der Waals surface area contributed by atoms with Crippen LogP contribution < -0.4 is 5.32 Å². The van der Waals surface area contributed by atoms with Crippen LogP contribution in [-0.2, 0) is 11.3 Å². The first-order chi connectivity index (χ1) is 10.3. The Morgan fingerprint density at radius 2 is 2.14 bits per heavy atom. The fraction of sp³-hybridized carbons (Fsp3) is 0.429. The van der Waals surface area contributed by atoms with E-state index in [-0.39, 0.29) is 0 Å². The van der Waals surface area contributed by atoms with Gasteiger partial charge < -0.3 is 10.1 Å². The van der Waals surface area contributed by atoms with Crippen molar-refractivity contribution in [1.29, 1.82) is 0 Å². The third kappa shape index (κ3) is 5.28. The van der Waals surface area contributed by atoms with Crippen LogP contribution in [0.5, 0.6) is 0 Å². The first kappa shape index (κ1) is 15.7. The number of rotatable bonds is 8. The summed E-state index contributed by atoms with van der Waals surface area (Å²) in [6.45, 7) is 6.00. The summed E-state index contributed by atoms with van der Waals surface area (Å²) >= 11 is 1.49. The standard InChI is InChI=1S/C14H19N5OS/c1-3-6-16-11-8-14(19-12(18-11)9-20-4-2)21-13-5-7-15-10-17-13/h5,7-8,10H,3-4,6,9H2,1-2H3,(H,16,18,19). The van der Waals surface area contributed by atoms with Crippen LogP contribution in [0.1, 0.15) is 26.1 Å². The molecule has 0 aliphatic heterocycles. The number of aromatic nitrogens is 4. The van der Waals surface area contributed by atoms with Gasteiger partial charge in [0.1, 0.15) is 28.8 Å². The molecule has 0 fully saturated rings. The molecule has 0 saturated carbocycles. The third-order valence-corrected chi connectivity index (χ3v) is 3.37. The fourth-order valence-corrected chi connectivity index (χ4v) is 2.34. The number of anilines is 1. The second-order valence-corrected chi connectivity index (χ2v) is 5.26. The molecule has 2 rings (SSSR count). The van der Waals surface area contributed by atoms with Gasteiger partial charge >= 0.3 is 0 Å². The molecule has 0 amide bonds. The van der Waals surface area contributed by atoms with E-state index in [1.807, 2.05) is 19.1 Å². The van der Waals surface area contributed by atoms with Crippen LogP contribution in [0.2, 0.25) is 0 Å². The summed E-state index contributed by atoms with van der Waals surface area (Å²) in [5, 5.41) is 4.98. The largest absolute Gasteiger partial charge is 0.374 e. The summed E-state index contributed by atoms with van der Waals surface area (Å²) in [7, 11) is 0. The highest BCUT2D eigenvalue weighted by atomic mass is 32.2. The van der Waals surface area contributed by atoms with Crippen LogP contribution >= 0.6 is 11.8 Å². The van der Waals surface area contributed by atoms with Gasteiger partial charge in [-0.1, -0.05) is 6.92 Å². The van der Waals surface area contributed by atoms with Crippen molar-refractivity contribution in [3.63, 3.8) is 0 Å². The van der Waals surface area contributed by atoms with Crippen molar-refractivity contribution in [1.82, 2.24) is 19.9 Å². The number of hydrogen-bond acceptors (Lipinski definition) is 7. The van der Waals surface area contributed by atoms with E-state index in [0.29, 0.717) is 19.0 Å². The molecule has 0 bridgehead atoms. The summed E-state index contributed by atoms with van der Waals surface area (Å²) in [5.41, 5.74) is 0. The van der Waals surface area contributed by atoms with Crippen molar-refractivity contribution in [2.45, 2.75) is 36.9 Å². The Kier molecular flexibility index (Phi) is 6.36. The van der Waals surface area contributed by atoms with Gasteiger partial charge in [-0.15, -0.1) is 0 Å². The number of ether oxygens (including phenoxy) is 1. The van der Waals surface area contributed by atoms with Crippen molar-refractivity contribution < 1.29 is 4.74 Å². The molecule has 0 aliphatic carbocycles. The molecule has 21 heavy (non-hydrogen) atoms. The van der Waals surface area contributed by atoms with E-state index >= 15 is 0 Å². The minimum atomic E-state index is 0.412. The average molecular weight is 305 g/mol. The normalized spacial score (nSPS) is 10.6. The molecule has 0 radical (unpaired) electrons. The highest BCUT2D eigenvalue weighted by Crippen LogP contribution is 2.25. The highest BCUT2D eigenvalue weighted by Gasteiger charge is 2.07. The van der Waals surface area contributed by atoms with Gasteiger partial charge in [0.2, 0.25) is 0 Å². The molecular formula is C14H19N5OS. The first-order valence-electron chi connectivity index (χ1n) is 6.95. The first-order valence-corrected chi connectivity index (χ1v) is 7.77. The molecule has 0 aromatic carbocycles. The van der Waals surface area contributed by atoms with Crippen molar-refractivity contribution in [3.8, 4) is 0 Å². The molecule has 1 N–H and O–H groups in total. The quantitative estimate of drug-likeness (QED) is 0.752. The molecule has 0 atom stereocenters. The minimum Gasteiger partial charge on any atom is -0.374 e. The van der Waals surface area contributed by atoms with E-state index in [2.05, 4.69) is 32.2 Å². The molecule has 0 spiro atoms. The summed E-state index contributed by atoms with van der Waals surface area (Å²) in [6, 6.07) is 3.78. The maximum Gasteiger partial charge on any atom is 0.157 e. The van der Waals surface area contributed by atoms with E-state index in [0.717, 1.165) is 28.8 Å². The van der Waals surface area contributed by atoms with Crippen molar-refractivity contribution in [2.24, 2.45) is 0 Å². The Balaban J connectivity index is 2.17. The zero-order valence-electron chi connectivity index (χ0n) is 12.2. The predicted octanol–water partition coefficient (Wildman–Crippen LogP) is 2.78. The van der Waals surface area contributed by atoms with Gasteiger partial charge in [0.15, 0.2) is 5.82 Å². The maximum atomic E-state index is 5.40. The predicted molar refractivity (Wildman–Crippen MR) is 82.3 cm³/mol. The van der Waals surface area contributed by atoms with Gasteiger partial charge in [-0.3, -0.25) is 0 Å². The summed E-state index contributed by atoms with van der Waals surface area (Å²) in [5.74, 6) is 1.49. The Morgan fingerprint density at radius 3 is 2.86 bits per heavy atom. The molecule has 2 heterocycles. The van der Waals surface area contributed by atoms with Crippen molar-refractivity contribution in [2.75, 3.05) is 18.5 Å². The van der Waals surface area contributed by atoms with E-state index in [1.165, 1.54) is 18.1 Å². The highest BCUT2D eigenvalue weighted by molar-refractivity contribution is 7.99. The topological polar surface area (TPSA) is 72.8 Å². The Labute approximate surface area is 128 Å². The lowest BCUT2D eigenvalue weighted by Gasteiger charge is -2.09. The van der Waals surface area contributed by atoms with Crippen LogP contribution in [0, 0.1) is 0 Å². The number of nitrogens with one attached hydrogen (secondary N) is 1. The Morgan fingerprint density at radius 1 is 1.24 bits per heavy atom. The molecule has 0 aliphatic rings. The molecule has 2 aromatic rings. The Bertz CT molecular complexity index is 526. The molecule has 7 heteroatoms. The summed E-state index contributed by atoms with van der Waals surface area (Å²) < 4.78 is 5.40. The van der Waals surface area contributed by atoms with Crippen LogP contribution in [0.15, 0.2) is 34.7 Å². The van der Waals surface area contributed by atoms with Gasteiger partial charge in [0.05, 0.1) is 0 Å². The summed E-state index contributed by atoms with van der Waals surface area (Å²) in [4.78, 5) is 17.1. The van der Waals surface area contributed by atoms with Crippen LogP contribution in [-0.4, -0.2) is 33.1 Å². The zero-order chi connectivity index (χ0) is 14.9. The van der Waals surface area contributed by atoms with Gasteiger partial charge in [0.25, 0.3) is 0 Å². The molecular weight excluding hydrogens is 286 g/mol. The molecule has 2 aromatic heterocycles. The van der Waals surface area contributed by atoms with Crippen LogP contribution in [0.3, 0.4) is 0 Å². The van der Waals surface area contributed by atoms with Gasteiger partial charge in [0, 0.05) is 25.4 Å². The number of nitrogens with zero attached hydrogens (tertiary/aromatic N) is 4. The van der Waals surface area contributed by atoms with E-state index in [4.69, 9.17) is 4.74 Å². The lowest BCUT2D eigenvalue weighted by molar-refractivity contribution is 0.128. The van der Waals surface area contributed by atoms with E-state index in [9.17, 15) is 0 Å². The minimum absolute atomic E-state index is 0.412. The van der Waals surface area contributed by atoms with Crippen LogP contribution in [0.4, 0.5) is 5.82 Å². The molecule has 112 valence electrons. The zero-order valence-corrected chi connectivity index (χ0v) is 13.1. The summed E-state index contributed by atoms with van der Waals surface area (Å²) in [6.07, 6.45) is 4.29. The van der Waals surface area contributed by atoms with Crippen molar-refractivity contribution in [3.05, 3.63) is 30.5 Å². The smallest absolute Gasteiger partial charge is 0.157 e. The Hall–Kier alpha value is -1.73. The molecule has 6 nitrogen and oxygen atoms in total. The molecule has 0 saturated heterocycles. The van der Waals surface area contributed by atoms with Crippen LogP contribution in [0.25, 0.3) is 0 Å². The fourth-order valence-electron chi connectivity index (χ4n) is 1.57. The van der Waals surface area contributed by atoms with E-state index < -0.39 is 0 Å². The second kappa shape index (κ2) is 8.53. The van der Waals surface area contributed by atoms with E-state index in [1.54, 1.807) is 6.20 Å². The van der Waals surface area contributed by atoms with Gasteiger partial charge in [-0.25, -0.2) is 19.9 Å². The monoisotopic (exact) mass is 305 g/mol. The lowest BCUT2D eigenvalue weighted by Crippen LogP contribution is -2.07. The average Bonchev–Trinajstić information content (AvgIpc) is 2.52. The van der Waals surface area contributed by atoms with Crippen molar-refractivity contribution >= 4 is 17.6 Å². The molecule has 0 unspecified atom stereocenters. The maximum absolute atomic E-state index is 5.40. The number of hydrogen-bond donors (Lipinski definition) is 1. The van der Waals surface area contributed by atoms with Gasteiger partial charge in [-0.05, 0) is 31.2 Å². The lowest BCUT2D eigenvalue weighted by atomic mass is 10.4. The van der Waals surface area contributed by atoms with Gasteiger partial charge in [-0.2, -0.15) is 0 Å². The third-order valence-electron chi connectivity index (χ3n) is 2.50. The SMILES string of the molecule is CCCNc1cc(Sc2ccncn2)nc(COCC)n1. The second-order valence-electron chi connectivity index (χ2n) is 4.22.